The zero-order valence-corrected chi connectivity index (χ0v) is 19.6. The van der Waals surface area contributed by atoms with Gasteiger partial charge in [0.2, 0.25) is 11.8 Å². The van der Waals surface area contributed by atoms with Gasteiger partial charge in [0, 0.05) is 49.8 Å². The summed E-state index contributed by atoms with van der Waals surface area (Å²) in [6, 6.07) is 7.84. The van der Waals surface area contributed by atoms with Crippen LogP contribution in [0.5, 0.6) is 0 Å². The average molecular weight is 456 g/mol. The fourth-order valence-electron chi connectivity index (χ4n) is 5.15. The molecule has 0 aromatic heterocycles. The van der Waals surface area contributed by atoms with E-state index in [2.05, 4.69) is 10.2 Å². The molecule has 3 atom stereocenters. The highest BCUT2D eigenvalue weighted by molar-refractivity contribution is 5.93. The fraction of sp³-hybridized carbons (Fsp3) is 0.462. The van der Waals surface area contributed by atoms with Gasteiger partial charge in [-0.2, -0.15) is 0 Å². The van der Waals surface area contributed by atoms with Crippen molar-refractivity contribution in [3.63, 3.8) is 0 Å². The number of fused-ring (bicyclic) bond motifs is 1. The largest absolute Gasteiger partial charge is 0.369 e. The standard InChI is InChI=1S/C26H31F2N3O2/c1-15-5-6-24(28)23(17(15)3)9-16(2)26(33)29-21-10-20(27)11-22(12-21)30-13-19-7-8-31(18(4)32)25(19)14-30/h5-6,10-12,16,19,25H,7-9,13-14H2,1-4H3,(H,29,33). The van der Waals surface area contributed by atoms with Crippen molar-refractivity contribution >= 4 is 23.2 Å². The second kappa shape index (κ2) is 9.12. The Morgan fingerprint density at radius 1 is 1.15 bits per heavy atom. The number of amides is 2. The van der Waals surface area contributed by atoms with Gasteiger partial charge in [-0.25, -0.2) is 8.78 Å². The third kappa shape index (κ3) is 4.72. The van der Waals surface area contributed by atoms with Gasteiger partial charge in [0.1, 0.15) is 11.6 Å². The first-order valence-electron chi connectivity index (χ1n) is 11.5. The van der Waals surface area contributed by atoms with Crippen LogP contribution in [0.4, 0.5) is 20.2 Å². The highest BCUT2D eigenvalue weighted by atomic mass is 19.1. The first-order valence-corrected chi connectivity index (χ1v) is 11.5. The maximum atomic E-state index is 14.4. The molecule has 2 aliphatic heterocycles. The second-order valence-electron chi connectivity index (χ2n) is 9.49. The van der Waals surface area contributed by atoms with Crippen molar-refractivity contribution in [2.75, 3.05) is 29.9 Å². The summed E-state index contributed by atoms with van der Waals surface area (Å²) in [5.41, 5.74) is 3.44. The van der Waals surface area contributed by atoms with Gasteiger partial charge in [-0.05, 0) is 67.6 Å². The number of benzene rings is 2. The number of carbonyl (C=O) groups is 2. The molecule has 4 rings (SSSR count). The third-order valence-corrected chi connectivity index (χ3v) is 7.24. The summed E-state index contributed by atoms with van der Waals surface area (Å²) in [5.74, 6) is -1.06. The van der Waals surface area contributed by atoms with Crippen LogP contribution in [-0.4, -0.2) is 42.4 Å². The summed E-state index contributed by atoms with van der Waals surface area (Å²) in [6.07, 6.45) is 1.22. The van der Waals surface area contributed by atoms with Crippen LogP contribution in [0.15, 0.2) is 30.3 Å². The quantitative estimate of drug-likeness (QED) is 0.725. The molecule has 0 saturated carbocycles. The smallest absolute Gasteiger partial charge is 0.227 e. The van der Waals surface area contributed by atoms with E-state index in [4.69, 9.17) is 0 Å². The van der Waals surface area contributed by atoms with E-state index in [1.807, 2.05) is 18.7 Å². The Bertz CT molecular complexity index is 1090. The van der Waals surface area contributed by atoms with E-state index in [9.17, 15) is 18.4 Å². The number of nitrogens with one attached hydrogen (secondary N) is 1. The van der Waals surface area contributed by atoms with Crippen LogP contribution in [0.2, 0.25) is 0 Å². The molecular weight excluding hydrogens is 424 g/mol. The van der Waals surface area contributed by atoms with Crippen molar-refractivity contribution in [2.24, 2.45) is 11.8 Å². The van der Waals surface area contributed by atoms with E-state index >= 15 is 0 Å². The number of likely N-dealkylation sites (tertiary alicyclic amines) is 1. The van der Waals surface area contributed by atoms with Crippen LogP contribution < -0.4 is 10.2 Å². The molecule has 33 heavy (non-hydrogen) atoms. The highest BCUT2D eigenvalue weighted by Gasteiger charge is 2.42. The molecule has 3 unspecified atom stereocenters. The average Bonchev–Trinajstić information content (AvgIpc) is 3.34. The van der Waals surface area contributed by atoms with Crippen molar-refractivity contribution in [3.8, 4) is 0 Å². The SMILES string of the molecule is CC(=O)N1CCC2CN(c3cc(F)cc(NC(=O)C(C)Cc4c(F)ccc(C)c4C)c3)CC21. The predicted octanol–water partition coefficient (Wildman–Crippen LogP) is 4.46. The summed E-state index contributed by atoms with van der Waals surface area (Å²) >= 11 is 0. The minimum Gasteiger partial charge on any atom is -0.369 e. The summed E-state index contributed by atoms with van der Waals surface area (Å²) < 4.78 is 28.8. The van der Waals surface area contributed by atoms with E-state index in [0.29, 0.717) is 29.4 Å². The van der Waals surface area contributed by atoms with Crippen LogP contribution in [0.3, 0.4) is 0 Å². The monoisotopic (exact) mass is 455 g/mol. The van der Waals surface area contributed by atoms with Crippen LogP contribution in [0.1, 0.15) is 37.0 Å². The minimum absolute atomic E-state index is 0.0748. The number of anilines is 2. The number of rotatable bonds is 5. The number of halogens is 2. The topological polar surface area (TPSA) is 52.7 Å². The Kier molecular flexibility index (Phi) is 6.41. The van der Waals surface area contributed by atoms with Crippen LogP contribution in [0.25, 0.3) is 0 Å². The van der Waals surface area contributed by atoms with Crippen LogP contribution in [-0.2, 0) is 16.0 Å². The molecule has 176 valence electrons. The van der Waals surface area contributed by atoms with Gasteiger partial charge in [0.05, 0.1) is 6.04 Å². The molecule has 2 heterocycles. The van der Waals surface area contributed by atoms with Gasteiger partial charge in [-0.3, -0.25) is 9.59 Å². The lowest BCUT2D eigenvalue weighted by Crippen LogP contribution is -2.38. The summed E-state index contributed by atoms with van der Waals surface area (Å²) in [5, 5.41) is 2.80. The lowest BCUT2D eigenvalue weighted by molar-refractivity contribution is -0.129. The molecular formula is C26H31F2N3O2. The van der Waals surface area contributed by atoms with Crippen molar-refractivity contribution in [3.05, 3.63) is 58.7 Å². The van der Waals surface area contributed by atoms with Crippen LogP contribution >= 0.6 is 0 Å². The van der Waals surface area contributed by atoms with Gasteiger partial charge in [0.25, 0.3) is 0 Å². The molecule has 2 aromatic rings. The molecule has 2 saturated heterocycles. The zero-order chi connectivity index (χ0) is 23.9. The van der Waals surface area contributed by atoms with E-state index in [0.717, 1.165) is 30.6 Å². The maximum absolute atomic E-state index is 14.4. The minimum atomic E-state index is -0.484. The Labute approximate surface area is 193 Å². The van der Waals surface area contributed by atoms with Gasteiger partial charge in [-0.1, -0.05) is 13.0 Å². The van der Waals surface area contributed by atoms with Crippen molar-refractivity contribution in [1.29, 1.82) is 0 Å². The zero-order valence-electron chi connectivity index (χ0n) is 19.6. The number of aryl methyl sites for hydroxylation is 1. The molecule has 5 nitrogen and oxygen atoms in total. The lowest BCUT2D eigenvalue weighted by atomic mass is 9.94. The van der Waals surface area contributed by atoms with E-state index < -0.39 is 11.7 Å². The van der Waals surface area contributed by atoms with E-state index in [-0.39, 0.29) is 30.1 Å². The first kappa shape index (κ1) is 23.2. The highest BCUT2D eigenvalue weighted by Crippen LogP contribution is 2.35. The van der Waals surface area contributed by atoms with Crippen molar-refractivity contribution < 1.29 is 18.4 Å². The number of carbonyl (C=O) groups excluding carboxylic acids is 2. The molecule has 1 N–H and O–H groups in total. The Hall–Kier alpha value is -2.96. The van der Waals surface area contributed by atoms with Gasteiger partial charge in [-0.15, -0.1) is 0 Å². The van der Waals surface area contributed by atoms with Gasteiger partial charge in [0.15, 0.2) is 0 Å². The van der Waals surface area contributed by atoms with Crippen LogP contribution in [0, 0.1) is 37.3 Å². The molecule has 0 bridgehead atoms. The fourth-order valence-corrected chi connectivity index (χ4v) is 5.15. The molecule has 0 radical (unpaired) electrons. The summed E-state index contributed by atoms with van der Waals surface area (Å²) in [6.45, 7) is 9.30. The second-order valence-corrected chi connectivity index (χ2v) is 9.49. The molecule has 2 aliphatic rings. The summed E-state index contributed by atoms with van der Waals surface area (Å²) in [7, 11) is 0. The number of nitrogens with zero attached hydrogens (tertiary/aromatic N) is 2. The molecule has 2 amide bonds. The molecule has 2 aromatic carbocycles. The molecule has 0 spiro atoms. The summed E-state index contributed by atoms with van der Waals surface area (Å²) in [4.78, 5) is 28.7. The Balaban J connectivity index is 1.46. The van der Waals surface area contributed by atoms with Crippen molar-refractivity contribution in [2.45, 2.75) is 46.6 Å². The van der Waals surface area contributed by atoms with E-state index in [1.54, 1.807) is 26.0 Å². The Morgan fingerprint density at radius 2 is 1.91 bits per heavy atom. The first-order chi connectivity index (χ1) is 15.6. The molecule has 2 fully saturated rings. The maximum Gasteiger partial charge on any atom is 0.227 e. The molecule has 7 heteroatoms. The van der Waals surface area contributed by atoms with E-state index in [1.165, 1.54) is 18.2 Å². The number of hydrogen-bond acceptors (Lipinski definition) is 3. The third-order valence-electron chi connectivity index (χ3n) is 7.24. The van der Waals surface area contributed by atoms with Gasteiger partial charge < -0.3 is 15.1 Å². The molecule has 0 aliphatic carbocycles. The van der Waals surface area contributed by atoms with Crippen molar-refractivity contribution in [1.82, 2.24) is 4.90 Å². The normalized spacial score (nSPS) is 20.7. The Morgan fingerprint density at radius 3 is 2.64 bits per heavy atom. The lowest BCUT2D eigenvalue weighted by Gasteiger charge is -2.25. The predicted molar refractivity (Wildman–Crippen MR) is 125 cm³/mol. The van der Waals surface area contributed by atoms with Gasteiger partial charge >= 0.3 is 0 Å². The number of hydrogen-bond donors (Lipinski definition) is 1.